The Morgan fingerprint density at radius 3 is 2.66 bits per heavy atom. The third-order valence-corrected chi connectivity index (χ3v) is 5.85. The van der Waals surface area contributed by atoms with Gasteiger partial charge in [0.15, 0.2) is 5.96 Å². The Balaban J connectivity index is 0.00000240. The van der Waals surface area contributed by atoms with Crippen LogP contribution in [0.4, 0.5) is 5.82 Å². The lowest BCUT2D eigenvalue weighted by Crippen LogP contribution is -2.39. The number of rotatable bonds is 5. The fourth-order valence-electron chi connectivity index (χ4n) is 4.34. The van der Waals surface area contributed by atoms with Crippen molar-refractivity contribution in [3.8, 4) is 0 Å². The molecule has 2 aromatic rings. The Morgan fingerprint density at radius 1 is 1.10 bits per heavy atom. The van der Waals surface area contributed by atoms with Crippen molar-refractivity contribution >= 4 is 35.8 Å². The number of aliphatic imine (C=N–C) groups is 1. The lowest BCUT2D eigenvalue weighted by Gasteiger charge is -2.22. The summed E-state index contributed by atoms with van der Waals surface area (Å²) in [7, 11) is 1.88. The molecule has 1 unspecified atom stereocenters. The van der Waals surface area contributed by atoms with Gasteiger partial charge in [0.25, 0.3) is 0 Å². The zero-order valence-electron chi connectivity index (χ0n) is 17.3. The van der Waals surface area contributed by atoms with Gasteiger partial charge in [0.05, 0.1) is 0 Å². The van der Waals surface area contributed by atoms with E-state index in [1.165, 1.54) is 30.4 Å². The Bertz CT molecular complexity index is 789. The van der Waals surface area contributed by atoms with Crippen LogP contribution in [0, 0.1) is 5.92 Å². The van der Waals surface area contributed by atoms with Crippen LogP contribution in [-0.4, -0.2) is 49.1 Å². The van der Waals surface area contributed by atoms with Crippen molar-refractivity contribution in [3.63, 3.8) is 0 Å². The van der Waals surface area contributed by atoms with Gasteiger partial charge < -0.3 is 15.1 Å². The molecule has 0 radical (unpaired) electrons. The second-order valence-electron chi connectivity index (χ2n) is 7.91. The lowest BCUT2D eigenvalue weighted by molar-refractivity contribution is 0.460. The third-order valence-electron chi connectivity index (χ3n) is 5.85. The van der Waals surface area contributed by atoms with Gasteiger partial charge in [-0.2, -0.15) is 0 Å². The van der Waals surface area contributed by atoms with E-state index in [1.807, 2.05) is 13.2 Å². The second kappa shape index (κ2) is 10.8. The number of pyridine rings is 1. The zero-order chi connectivity index (χ0) is 19.2. The minimum atomic E-state index is 0. The number of hydrogen-bond donors (Lipinski definition) is 1. The predicted octanol–water partition coefficient (Wildman–Crippen LogP) is 3.94. The highest BCUT2D eigenvalue weighted by atomic mass is 127. The third kappa shape index (κ3) is 5.84. The minimum absolute atomic E-state index is 0. The van der Waals surface area contributed by atoms with Gasteiger partial charge >= 0.3 is 0 Å². The number of nitrogens with one attached hydrogen (secondary N) is 1. The van der Waals surface area contributed by atoms with E-state index in [2.05, 4.69) is 67.6 Å². The molecule has 29 heavy (non-hydrogen) atoms. The molecule has 156 valence electrons. The van der Waals surface area contributed by atoms with Crippen LogP contribution in [0.25, 0.3) is 0 Å². The highest BCUT2D eigenvalue weighted by Crippen LogP contribution is 2.21. The fraction of sp³-hybridized carbons (Fsp3) is 0.478. The summed E-state index contributed by atoms with van der Waals surface area (Å²) in [5, 5.41) is 3.56. The van der Waals surface area contributed by atoms with Gasteiger partial charge in [0, 0.05) is 46.0 Å². The van der Waals surface area contributed by atoms with Gasteiger partial charge in [-0.25, -0.2) is 4.98 Å². The first kappa shape index (κ1) is 21.9. The molecule has 1 N–H and O–H groups in total. The summed E-state index contributed by atoms with van der Waals surface area (Å²) in [5.74, 6) is 2.81. The molecule has 0 bridgehead atoms. The van der Waals surface area contributed by atoms with Gasteiger partial charge in [0.2, 0.25) is 0 Å². The first-order valence-electron chi connectivity index (χ1n) is 10.5. The molecule has 0 aliphatic carbocycles. The molecule has 6 heteroatoms. The summed E-state index contributed by atoms with van der Waals surface area (Å²) >= 11 is 0. The van der Waals surface area contributed by atoms with Crippen molar-refractivity contribution in [2.24, 2.45) is 10.9 Å². The van der Waals surface area contributed by atoms with Crippen LogP contribution in [0.15, 0.2) is 53.7 Å². The minimum Gasteiger partial charge on any atom is -0.357 e. The molecular weight excluding hydrogens is 473 g/mol. The maximum atomic E-state index is 4.55. The molecule has 0 spiro atoms. The van der Waals surface area contributed by atoms with Crippen LogP contribution in [-0.2, 0) is 13.0 Å². The first-order chi connectivity index (χ1) is 13.8. The van der Waals surface area contributed by atoms with Crippen molar-refractivity contribution in [2.75, 3.05) is 38.1 Å². The molecule has 2 fully saturated rings. The van der Waals surface area contributed by atoms with Crippen LogP contribution in [0.5, 0.6) is 0 Å². The molecular formula is C23H32IN5. The summed E-state index contributed by atoms with van der Waals surface area (Å²) in [6.07, 6.45) is 6.85. The zero-order valence-corrected chi connectivity index (χ0v) is 19.6. The van der Waals surface area contributed by atoms with Crippen molar-refractivity contribution < 1.29 is 0 Å². The molecule has 1 atom stereocenters. The molecule has 4 rings (SSSR count). The Labute approximate surface area is 191 Å². The number of aromatic nitrogens is 1. The van der Waals surface area contributed by atoms with Crippen LogP contribution in [0.1, 0.15) is 30.4 Å². The van der Waals surface area contributed by atoms with Gasteiger partial charge in [0.1, 0.15) is 5.82 Å². The van der Waals surface area contributed by atoms with Crippen LogP contribution < -0.4 is 10.2 Å². The number of nitrogens with zero attached hydrogens (tertiary/aromatic N) is 4. The molecule has 3 heterocycles. The molecule has 2 aliphatic heterocycles. The molecule has 2 saturated heterocycles. The van der Waals surface area contributed by atoms with E-state index in [-0.39, 0.29) is 24.0 Å². The van der Waals surface area contributed by atoms with E-state index in [0.717, 1.165) is 50.9 Å². The van der Waals surface area contributed by atoms with Crippen LogP contribution in [0.2, 0.25) is 0 Å². The van der Waals surface area contributed by atoms with Crippen molar-refractivity contribution in [1.29, 1.82) is 0 Å². The SMILES string of the molecule is CN=C(NCc1ccnc(N2CCCC2)c1)N1CCC(Cc2ccccc2)C1.I. The summed E-state index contributed by atoms with van der Waals surface area (Å²) in [4.78, 5) is 13.9. The molecule has 0 amide bonds. The number of anilines is 1. The highest BCUT2D eigenvalue weighted by Gasteiger charge is 2.25. The van der Waals surface area contributed by atoms with Gasteiger partial charge in [-0.1, -0.05) is 30.3 Å². The van der Waals surface area contributed by atoms with Gasteiger partial charge in [-0.15, -0.1) is 24.0 Å². The average Bonchev–Trinajstić information content (AvgIpc) is 3.42. The van der Waals surface area contributed by atoms with Crippen LogP contribution >= 0.6 is 24.0 Å². The maximum absolute atomic E-state index is 4.55. The topological polar surface area (TPSA) is 43.8 Å². The lowest BCUT2D eigenvalue weighted by atomic mass is 9.99. The monoisotopic (exact) mass is 505 g/mol. The van der Waals surface area contributed by atoms with E-state index in [4.69, 9.17) is 0 Å². The largest absolute Gasteiger partial charge is 0.357 e. The van der Waals surface area contributed by atoms with Crippen molar-refractivity contribution in [2.45, 2.75) is 32.2 Å². The van der Waals surface area contributed by atoms with E-state index < -0.39 is 0 Å². The standard InChI is InChI=1S/C23H31N5.HI/c1-24-23(28-14-10-21(18-28)15-19-7-3-2-4-8-19)26-17-20-9-11-25-22(16-20)27-12-5-6-13-27;/h2-4,7-9,11,16,21H,5-6,10,12-15,17-18H2,1H3,(H,24,26);1H. The molecule has 1 aromatic heterocycles. The summed E-state index contributed by atoms with van der Waals surface area (Å²) in [6.45, 7) is 5.19. The number of benzene rings is 1. The Hall–Kier alpha value is -1.83. The van der Waals surface area contributed by atoms with Crippen LogP contribution in [0.3, 0.4) is 0 Å². The highest BCUT2D eigenvalue weighted by molar-refractivity contribution is 14.0. The number of halogens is 1. The van der Waals surface area contributed by atoms with Crippen molar-refractivity contribution in [1.82, 2.24) is 15.2 Å². The number of guanidine groups is 1. The van der Waals surface area contributed by atoms with E-state index in [1.54, 1.807) is 0 Å². The predicted molar refractivity (Wildman–Crippen MR) is 131 cm³/mol. The van der Waals surface area contributed by atoms with E-state index in [9.17, 15) is 0 Å². The maximum Gasteiger partial charge on any atom is 0.193 e. The summed E-state index contributed by atoms with van der Waals surface area (Å²) < 4.78 is 0. The molecule has 2 aliphatic rings. The van der Waals surface area contributed by atoms with E-state index in [0.29, 0.717) is 5.92 Å². The molecule has 5 nitrogen and oxygen atoms in total. The van der Waals surface area contributed by atoms with Crippen molar-refractivity contribution in [3.05, 3.63) is 59.8 Å². The second-order valence-corrected chi connectivity index (χ2v) is 7.91. The number of hydrogen-bond acceptors (Lipinski definition) is 3. The normalized spacial score (nSPS) is 19.3. The summed E-state index contributed by atoms with van der Waals surface area (Å²) in [6, 6.07) is 15.1. The van der Waals surface area contributed by atoms with Gasteiger partial charge in [-0.3, -0.25) is 4.99 Å². The Kier molecular flexibility index (Phi) is 8.15. The van der Waals surface area contributed by atoms with Gasteiger partial charge in [-0.05, 0) is 54.9 Å². The smallest absolute Gasteiger partial charge is 0.193 e. The Morgan fingerprint density at radius 2 is 1.90 bits per heavy atom. The fourth-order valence-corrected chi connectivity index (χ4v) is 4.34. The average molecular weight is 505 g/mol. The quantitative estimate of drug-likeness (QED) is 0.380. The van der Waals surface area contributed by atoms with E-state index >= 15 is 0 Å². The molecule has 0 saturated carbocycles. The number of likely N-dealkylation sites (tertiary alicyclic amines) is 1. The molecule has 1 aromatic carbocycles. The summed E-state index contributed by atoms with van der Waals surface area (Å²) in [5.41, 5.74) is 2.70. The first-order valence-corrected chi connectivity index (χ1v) is 10.5.